The van der Waals surface area contributed by atoms with E-state index >= 15 is 0 Å². The maximum Gasteiger partial charge on any atom is 0.263 e. The van der Waals surface area contributed by atoms with Crippen molar-refractivity contribution >= 4 is 17.2 Å². The van der Waals surface area contributed by atoms with Crippen LogP contribution < -0.4 is 0 Å². The molecular formula is C22H25N3OS. The highest BCUT2D eigenvalue weighted by atomic mass is 32.1. The molecule has 0 aliphatic heterocycles. The van der Waals surface area contributed by atoms with Gasteiger partial charge in [0.1, 0.15) is 0 Å². The fraction of sp³-hybridized carbons (Fsp3) is 0.364. The Labute approximate surface area is 164 Å². The van der Waals surface area contributed by atoms with Crippen LogP contribution in [0.25, 0.3) is 0 Å². The summed E-state index contributed by atoms with van der Waals surface area (Å²) in [4.78, 5) is 16.9. The quantitative estimate of drug-likeness (QED) is 0.659. The second-order valence-electron chi connectivity index (χ2n) is 7.60. The summed E-state index contributed by atoms with van der Waals surface area (Å²) in [7, 11) is 1.87. The van der Waals surface area contributed by atoms with Crippen molar-refractivity contribution in [1.82, 2.24) is 14.7 Å². The number of aryl methyl sites for hydroxylation is 1. The molecule has 0 bridgehead atoms. The molecule has 1 aliphatic carbocycles. The molecule has 0 saturated heterocycles. The van der Waals surface area contributed by atoms with Gasteiger partial charge in [-0.05, 0) is 42.4 Å². The number of aromatic nitrogens is 2. The Morgan fingerprint density at radius 2 is 2.11 bits per heavy atom. The van der Waals surface area contributed by atoms with Gasteiger partial charge in [-0.1, -0.05) is 37.3 Å². The smallest absolute Gasteiger partial charge is 0.263 e. The first-order valence-electron chi connectivity index (χ1n) is 9.51. The molecule has 0 fully saturated rings. The van der Waals surface area contributed by atoms with E-state index in [1.807, 2.05) is 42.3 Å². The lowest BCUT2D eigenvalue weighted by atomic mass is 9.90. The average molecular weight is 380 g/mol. The fourth-order valence-corrected chi connectivity index (χ4v) is 4.89. The van der Waals surface area contributed by atoms with Crippen LogP contribution in [0.5, 0.6) is 0 Å². The predicted octanol–water partition coefficient (Wildman–Crippen LogP) is 4.39. The SMILES string of the molecule is CC1CCc2sc(C(=O)N(C)Cc3cnn(Cc4ccccc4)c3)cc2C1. The van der Waals surface area contributed by atoms with E-state index in [0.29, 0.717) is 6.54 Å². The molecule has 2 aromatic heterocycles. The van der Waals surface area contributed by atoms with E-state index < -0.39 is 0 Å². The van der Waals surface area contributed by atoms with Crippen LogP contribution in [0.3, 0.4) is 0 Å². The second-order valence-corrected chi connectivity index (χ2v) is 8.74. The Morgan fingerprint density at radius 3 is 2.93 bits per heavy atom. The first kappa shape index (κ1) is 18.0. The number of fused-ring (bicyclic) bond motifs is 1. The highest BCUT2D eigenvalue weighted by Gasteiger charge is 2.22. The lowest BCUT2D eigenvalue weighted by molar-refractivity contribution is 0.0790. The molecule has 1 atom stereocenters. The summed E-state index contributed by atoms with van der Waals surface area (Å²) < 4.78 is 1.92. The van der Waals surface area contributed by atoms with Crippen LogP contribution in [-0.2, 0) is 25.9 Å². The maximum atomic E-state index is 12.9. The summed E-state index contributed by atoms with van der Waals surface area (Å²) in [6, 6.07) is 12.4. The molecule has 0 radical (unpaired) electrons. The van der Waals surface area contributed by atoms with Crippen LogP contribution in [0.2, 0.25) is 0 Å². The molecular weight excluding hydrogens is 354 g/mol. The normalized spacial score (nSPS) is 16.1. The van der Waals surface area contributed by atoms with Crippen molar-refractivity contribution in [2.75, 3.05) is 7.05 Å². The third kappa shape index (κ3) is 4.14. The van der Waals surface area contributed by atoms with Gasteiger partial charge >= 0.3 is 0 Å². The number of rotatable bonds is 5. The number of thiophene rings is 1. The van der Waals surface area contributed by atoms with Crippen LogP contribution in [-0.4, -0.2) is 27.6 Å². The highest BCUT2D eigenvalue weighted by Crippen LogP contribution is 2.32. The molecule has 0 N–H and O–H groups in total. The molecule has 1 aromatic carbocycles. The number of benzene rings is 1. The predicted molar refractivity (Wildman–Crippen MR) is 109 cm³/mol. The molecule has 0 saturated carbocycles. The van der Waals surface area contributed by atoms with Crippen molar-refractivity contribution in [3.63, 3.8) is 0 Å². The zero-order chi connectivity index (χ0) is 18.8. The molecule has 1 unspecified atom stereocenters. The van der Waals surface area contributed by atoms with Crippen molar-refractivity contribution in [3.05, 3.63) is 75.2 Å². The molecule has 1 amide bonds. The Bertz CT molecular complexity index is 928. The van der Waals surface area contributed by atoms with Gasteiger partial charge in [0.15, 0.2) is 0 Å². The van der Waals surface area contributed by atoms with Gasteiger partial charge in [-0.3, -0.25) is 9.48 Å². The van der Waals surface area contributed by atoms with E-state index in [-0.39, 0.29) is 5.91 Å². The standard InChI is InChI=1S/C22H25N3OS/c1-16-8-9-20-19(10-16)11-21(27-20)22(26)24(2)13-18-12-23-25(15-18)14-17-6-4-3-5-7-17/h3-7,11-12,15-16H,8-10,13-14H2,1-2H3. The number of amides is 1. The fourth-order valence-electron chi connectivity index (χ4n) is 3.69. The zero-order valence-corrected chi connectivity index (χ0v) is 16.7. The zero-order valence-electron chi connectivity index (χ0n) is 15.9. The van der Waals surface area contributed by atoms with E-state index in [4.69, 9.17) is 0 Å². The summed E-state index contributed by atoms with van der Waals surface area (Å²) in [5, 5.41) is 4.44. The first-order chi connectivity index (χ1) is 13.1. The van der Waals surface area contributed by atoms with Crippen LogP contribution in [0.15, 0.2) is 48.8 Å². The second kappa shape index (κ2) is 7.69. The Hall–Kier alpha value is -2.40. The van der Waals surface area contributed by atoms with E-state index in [1.54, 1.807) is 16.2 Å². The summed E-state index contributed by atoms with van der Waals surface area (Å²) in [6.07, 6.45) is 7.34. The molecule has 2 heterocycles. The molecule has 4 rings (SSSR count). The summed E-state index contributed by atoms with van der Waals surface area (Å²) in [5.41, 5.74) is 3.65. The van der Waals surface area contributed by atoms with Crippen molar-refractivity contribution in [1.29, 1.82) is 0 Å². The largest absolute Gasteiger partial charge is 0.337 e. The van der Waals surface area contributed by atoms with Crippen LogP contribution in [0.4, 0.5) is 0 Å². The maximum absolute atomic E-state index is 12.9. The summed E-state index contributed by atoms with van der Waals surface area (Å²) in [5.74, 6) is 0.834. The van der Waals surface area contributed by atoms with Crippen molar-refractivity contribution in [2.45, 2.75) is 39.3 Å². The van der Waals surface area contributed by atoms with Crippen molar-refractivity contribution in [3.8, 4) is 0 Å². The van der Waals surface area contributed by atoms with Crippen LogP contribution in [0.1, 0.15) is 44.6 Å². The van der Waals surface area contributed by atoms with E-state index in [9.17, 15) is 4.79 Å². The van der Waals surface area contributed by atoms with Gasteiger partial charge in [0, 0.05) is 30.2 Å². The minimum atomic E-state index is 0.109. The van der Waals surface area contributed by atoms with Gasteiger partial charge in [0.2, 0.25) is 0 Å². The molecule has 0 spiro atoms. The monoisotopic (exact) mass is 379 g/mol. The third-order valence-electron chi connectivity index (χ3n) is 5.18. The Kier molecular flexibility index (Phi) is 5.12. The highest BCUT2D eigenvalue weighted by molar-refractivity contribution is 7.14. The lowest BCUT2D eigenvalue weighted by Gasteiger charge is -2.16. The molecule has 140 valence electrons. The van der Waals surface area contributed by atoms with E-state index in [0.717, 1.165) is 35.7 Å². The minimum Gasteiger partial charge on any atom is -0.337 e. The van der Waals surface area contributed by atoms with E-state index in [2.05, 4.69) is 30.2 Å². The van der Waals surface area contributed by atoms with Crippen LogP contribution >= 0.6 is 11.3 Å². The number of hydrogen-bond acceptors (Lipinski definition) is 3. The lowest BCUT2D eigenvalue weighted by Crippen LogP contribution is -2.25. The minimum absolute atomic E-state index is 0.109. The van der Waals surface area contributed by atoms with Gasteiger partial charge in [-0.25, -0.2) is 0 Å². The third-order valence-corrected chi connectivity index (χ3v) is 6.41. The topological polar surface area (TPSA) is 38.1 Å². The molecule has 3 aromatic rings. The van der Waals surface area contributed by atoms with Gasteiger partial charge in [-0.15, -0.1) is 11.3 Å². The average Bonchev–Trinajstić information content (AvgIpc) is 3.28. The van der Waals surface area contributed by atoms with Gasteiger partial charge in [-0.2, -0.15) is 5.10 Å². The molecule has 4 nitrogen and oxygen atoms in total. The Balaban J connectivity index is 1.40. The van der Waals surface area contributed by atoms with Gasteiger partial charge in [0.25, 0.3) is 5.91 Å². The molecule has 1 aliphatic rings. The van der Waals surface area contributed by atoms with Crippen LogP contribution in [0, 0.1) is 5.92 Å². The summed E-state index contributed by atoms with van der Waals surface area (Å²) >= 11 is 1.68. The van der Waals surface area contributed by atoms with Gasteiger partial charge in [0.05, 0.1) is 17.6 Å². The van der Waals surface area contributed by atoms with Gasteiger partial charge < -0.3 is 4.90 Å². The molecule has 27 heavy (non-hydrogen) atoms. The summed E-state index contributed by atoms with van der Waals surface area (Å²) in [6.45, 7) is 3.61. The van der Waals surface area contributed by atoms with Crippen molar-refractivity contribution < 1.29 is 4.79 Å². The molecule has 5 heteroatoms. The number of nitrogens with zero attached hydrogens (tertiary/aromatic N) is 3. The number of hydrogen-bond donors (Lipinski definition) is 0. The Morgan fingerprint density at radius 1 is 1.30 bits per heavy atom. The van der Waals surface area contributed by atoms with E-state index in [1.165, 1.54) is 22.4 Å². The number of carbonyl (C=O) groups is 1. The first-order valence-corrected chi connectivity index (χ1v) is 10.3. The van der Waals surface area contributed by atoms with Crippen molar-refractivity contribution in [2.24, 2.45) is 5.92 Å². The number of carbonyl (C=O) groups excluding carboxylic acids is 1.